The highest BCUT2D eigenvalue weighted by Gasteiger charge is 2.40. The fraction of sp³-hybridized carbons (Fsp3) is 0.600. The molecule has 0 aliphatic carbocycles. The Morgan fingerprint density at radius 2 is 1.73 bits per heavy atom. The average molecular weight is 586 g/mol. The van der Waals surface area contributed by atoms with E-state index in [1.54, 1.807) is 16.7 Å². The van der Waals surface area contributed by atoms with E-state index in [9.17, 15) is 19.2 Å². The molecule has 3 heterocycles. The molecule has 2 aliphatic heterocycles. The third kappa shape index (κ3) is 6.99. The van der Waals surface area contributed by atoms with Crippen molar-refractivity contribution in [3.8, 4) is 0 Å². The SMILES string of the molecule is CCC(C)[C@@H]1NC(=O)[C@H](Cc2cn(OC)c3ccccc23)NC(=O)[C@H](CCCCS)NC(=O)C2CCCCN2C1=O. The molecule has 10 nitrogen and oxygen atoms in total. The Hall–Kier alpha value is -3.21. The molecule has 0 bridgehead atoms. The molecule has 1 aromatic carbocycles. The molecule has 2 aromatic rings. The Labute approximate surface area is 247 Å². The molecule has 11 heteroatoms. The summed E-state index contributed by atoms with van der Waals surface area (Å²) in [5.41, 5.74) is 1.65. The Bertz CT molecular complexity index is 1250. The van der Waals surface area contributed by atoms with Gasteiger partial charge < -0.3 is 25.7 Å². The van der Waals surface area contributed by atoms with Gasteiger partial charge in [0, 0.05) is 24.5 Å². The lowest BCUT2D eigenvalue weighted by atomic mass is 9.93. The van der Waals surface area contributed by atoms with E-state index in [4.69, 9.17) is 4.84 Å². The maximum absolute atomic E-state index is 13.9. The lowest BCUT2D eigenvalue weighted by Crippen LogP contribution is -2.64. The minimum absolute atomic E-state index is 0.166. The second-order valence-corrected chi connectivity index (χ2v) is 11.6. The fourth-order valence-electron chi connectivity index (χ4n) is 5.81. The van der Waals surface area contributed by atoms with Crippen molar-refractivity contribution in [2.75, 3.05) is 19.4 Å². The first-order valence-electron chi connectivity index (χ1n) is 14.7. The van der Waals surface area contributed by atoms with Crippen LogP contribution in [0.5, 0.6) is 0 Å². The van der Waals surface area contributed by atoms with Crippen LogP contribution >= 0.6 is 12.6 Å². The number of amides is 4. The molecule has 224 valence electrons. The summed E-state index contributed by atoms with van der Waals surface area (Å²) in [6, 6.07) is 4.38. The van der Waals surface area contributed by atoms with Gasteiger partial charge in [-0.3, -0.25) is 19.2 Å². The number of fused-ring (bicyclic) bond motifs is 2. The molecule has 2 unspecified atom stereocenters. The van der Waals surface area contributed by atoms with Crippen LogP contribution in [0.4, 0.5) is 0 Å². The Balaban J connectivity index is 1.72. The number of nitrogens with zero attached hydrogens (tertiary/aromatic N) is 2. The molecule has 2 aliphatic rings. The molecule has 0 saturated carbocycles. The second kappa shape index (κ2) is 14.1. The van der Waals surface area contributed by atoms with Gasteiger partial charge in [-0.25, -0.2) is 0 Å². The van der Waals surface area contributed by atoms with E-state index in [1.165, 1.54) is 0 Å². The highest BCUT2D eigenvalue weighted by atomic mass is 32.1. The quantitative estimate of drug-likeness (QED) is 0.266. The van der Waals surface area contributed by atoms with Crippen molar-refractivity contribution in [1.29, 1.82) is 0 Å². The molecule has 0 radical (unpaired) electrons. The van der Waals surface area contributed by atoms with Crippen molar-refractivity contribution in [2.45, 2.75) is 89.4 Å². The molecule has 3 N–H and O–H groups in total. The fourth-order valence-corrected chi connectivity index (χ4v) is 6.04. The number of piperidine rings is 1. The maximum atomic E-state index is 13.9. The monoisotopic (exact) mass is 585 g/mol. The van der Waals surface area contributed by atoms with Crippen LogP contribution in [0.3, 0.4) is 0 Å². The van der Waals surface area contributed by atoms with Gasteiger partial charge in [0.2, 0.25) is 23.6 Å². The van der Waals surface area contributed by atoms with Crippen LogP contribution in [0.2, 0.25) is 0 Å². The summed E-state index contributed by atoms with van der Waals surface area (Å²) in [7, 11) is 1.56. The van der Waals surface area contributed by atoms with Crippen LogP contribution in [-0.4, -0.2) is 76.8 Å². The van der Waals surface area contributed by atoms with Gasteiger partial charge in [-0.2, -0.15) is 17.4 Å². The van der Waals surface area contributed by atoms with Crippen molar-refractivity contribution in [2.24, 2.45) is 5.92 Å². The summed E-state index contributed by atoms with van der Waals surface area (Å²) in [5.74, 6) is -0.915. The van der Waals surface area contributed by atoms with Crippen molar-refractivity contribution < 1.29 is 24.0 Å². The molecule has 2 saturated heterocycles. The van der Waals surface area contributed by atoms with E-state index in [0.717, 1.165) is 35.7 Å². The molecule has 4 amide bonds. The maximum Gasteiger partial charge on any atom is 0.246 e. The zero-order valence-corrected chi connectivity index (χ0v) is 25.1. The summed E-state index contributed by atoms with van der Waals surface area (Å²) in [6.45, 7) is 4.33. The van der Waals surface area contributed by atoms with Gasteiger partial charge in [-0.05, 0) is 55.4 Å². The van der Waals surface area contributed by atoms with Crippen LogP contribution in [0.15, 0.2) is 30.5 Å². The van der Waals surface area contributed by atoms with Crippen LogP contribution in [0, 0.1) is 5.92 Å². The molecule has 41 heavy (non-hydrogen) atoms. The van der Waals surface area contributed by atoms with Crippen LogP contribution in [0.25, 0.3) is 10.9 Å². The first-order chi connectivity index (χ1) is 19.8. The number of rotatable bonds is 9. The van der Waals surface area contributed by atoms with Crippen LogP contribution < -0.4 is 20.8 Å². The number of benzene rings is 1. The van der Waals surface area contributed by atoms with Crippen molar-refractivity contribution in [1.82, 2.24) is 25.6 Å². The number of hydrogen-bond acceptors (Lipinski definition) is 6. The van der Waals surface area contributed by atoms with Crippen LogP contribution in [-0.2, 0) is 25.6 Å². The number of hydrogen-bond donors (Lipinski definition) is 4. The number of nitrogens with one attached hydrogen (secondary N) is 3. The first kappa shape index (κ1) is 30.7. The van der Waals surface area contributed by atoms with Gasteiger partial charge >= 0.3 is 0 Å². The highest BCUT2D eigenvalue weighted by molar-refractivity contribution is 7.80. The first-order valence-corrected chi connectivity index (χ1v) is 15.4. The molecule has 1 aromatic heterocycles. The van der Waals surface area contributed by atoms with E-state index in [0.29, 0.717) is 38.0 Å². The zero-order valence-electron chi connectivity index (χ0n) is 24.2. The Morgan fingerprint density at radius 3 is 2.46 bits per heavy atom. The predicted molar refractivity (Wildman–Crippen MR) is 160 cm³/mol. The summed E-state index contributed by atoms with van der Waals surface area (Å²) in [4.78, 5) is 62.2. The van der Waals surface area contributed by atoms with Gasteiger partial charge in [0.15, 0.2) is 0 Å². The van der Waals surface area contributed by atoms with Gasteiger partial charge in [0.1, 0.15) is 31.3 Å². The number of thiol groups is 1. The smallest absolute Gasteiger partial charge is 0.246 e. The van der Waals surface area contributed by atoms with Gasteiger partial charge in [-0.1, -0.05) is 44.9 Å². The summed E-state index contributed by atoms with van der Waals surface area (Å²) in [5, 5.41) is 9.75. The van der Waals surface area contributed by atoms with Crippen LogP contribution in [0.1, 0.15) is 64.4 Å². The Morgan fingerprint density at radius 1 is 1.00 bits per heavy atom. The molecular weight excluding hydrogens is 542 g/mol. The van der Waals surface area contributed by atoms with E-state index >= 15 is 0 Å². The zero-order chi connectivity index (χ0) is 29.5. The summed E-state index contributed by atoms with van der Waals surface area (Å²) < 4.78 is 1.63. The standard InChI is InChI=1S/C30H43N5O5S/c1-4-19(2)26-30(39)34-15-9-7-14-25(34)29(38)31-22(12-8-10-16-41)27(36)32-23(28(37)33-26)17-20-18-35(40-3)24-13-6-5-11-21(20)24/h5-6,11,13,18-19,22-23,25-26,41H,4,7-10,12,14-17H2,1-3H3,(H,31,38)(H,32,36)(H,33,37)/t19?,22-,23-,25?,26-/m0/s1. The minimum Gasteiger partial charge on any atom is -0.417 e. The molecular formula is C30H43N5O5S. The molecule has 2 fully saturated rings. The van der Waals surface area contributed by atoms with Gasteiger partial charge in [0.05, 0.1) is 5.52 Å². The van der Waals surface area contributed by atoms with E-state index < -0.39 is 36.0 Å². The highest BCUT2D eigenvalue weighted by Crippen LogP contribution is 2.24. The number of aromatic nitrogens is 1. The van der Waals surface area contributed by atoms with Gasteiger partial charge in [0.25, 0.3) is 0 Å². The van der Waals surface area contributed by atoms with E-state index in [2.05, 4.69) is 28.6 Å². The molecule has 4 rings (SSSR count). The topological polar surface area (TPSA) is 122 Å². The van der Waals surface area contributed by atoms with E-state index in [1.807, 2.05) is 44.3 Å². The Kier molecular flexibility index (Phi) is 10.6. The van der Waals surface area contributed by atoms with E-state index in [-0.39, 0.29) is 24.2 Å². The van der Waals surface area contributed by atoms with Crippen molar-refractivity contribution >= 4 is 47.2 Å². The van der Waals surface area contributed by atoms with Crippen molar-refractivity contribution in [3.05, 3.63) is 36.0 Å². The third-order valence-electron chi connectivity index (χ3n) is 8.41. The average Bonchev–Trinajstić information content (AvgIpc) is 3.35. The largest absolute Gasteiger partial charge is 0.417 e. The normalized spacial score (nSPS) is 24.9. The number of para-hydroxylation sites is 1. The number of unbranched alkanes of at least 4 members (excludes halogenated alkanes) is 1. The molecule has 0 spiro atoms. The molecule has 5 atom stereocenters. The summed E-state index contributed by atoms with van der Waals surface area (Å²) in [6.07, 6.45) is 6.65. The minimum atomic E-state index is -0.973. The summed E-state index contributed by atoms with van der Waals surface area (Å²) >= 11 is 4.28. The third-order valence-corrected chi connectivity index (χ3v) is 8.73. The second-order valence-electron chi connectivity index (χ2n) is 11.1. The lowest BCUT2D eigenvalue weighted by Gasteiger charge is -2.39. The number of carbonyl (C=O) groups is 4. The lowest BCUT2D eigenvalue weighted by molar-refractivity contribution is -0.147. The predicted octanol–water partition coefficient (Wildman–Crippen LogP) is 2.24. The van der Waals surface area contributed by atoms with Crippen molar-refractivity contribution in [3.63, 3.8) is 0 Å². The van der Waals surface area contributed by atoms with Gasteiger partial charge in [-0.15, -0.1) is 0 Å². The number of carbonyl (C=O) groups excluding carboxylic acids is 4.